The molecule has 6 heteroatoms. The van der Waals surface area contributed by atoms with E-state index in [0.717, 1.165) is 5.75 Å². The Morgan fingerprint density at radius 1 is 1.05 bits per heavy atom. The second kappa shape index (κ2) is 7.92. The number of amides is 1. The molecule has 116 valence electrons. The fraction of sp³-hybridized carbons (Fsp3) is 0.188. The molecule has 0 fully saturated rings. The average molecular weight is 340 g/mol. The molecular weight excluding hydrogens is 325 g/mol. The first-order valence-corrected chi connectivity index (χ1v) is 7.45. The molecule has 22 heavy (non-hydrogen) atoms. The first-order valence-electron chi connectivity index (χ1n) is 6.69. The summed E-state index contributed by atoms with van der Waals surface area (Å²) in [5.74, 6) is 0.743. The zero-order valence-electron chi connectivity index (χ0n) is 11.9. The van der Waals surface area contributed by atoms with Gasteiger partial charge in [-0.25, -0.2) is 0 Å². The van der Waals surface area contributed by atoms with Gasteiger partial charge >= 0.3 is 0 Å². The minimum absolute atomic E-state index is 0.184. The monoisotopic (exact) mass is 339 g/mol. The van der Waals surface area contributed by atoms with Crippen LogP contribution in [0.15, 0.2) is 42.5 Å². The van der Waals surface area contributed by atoms with Crippen LogP contribution in [0.2, 0.25) is 10.0 Å². The number of halogens is 2. The zero-order valence-corrected chi connectivity index (χ0v) is 13.4. The SMILES string of the molecule is CCOc1ccc(NC(=O)COc2c(Cl)cccc2Cl)cc1. The van der Waals surface area contributed by atoms with E-state index < -0.39 is 0 Å². The molecule has 0 atom stereocenters. The normalized spacial score (nSPS) is 10.1. The molecule has 1 amide bonds. The molecule has 0 saturated carbocycles. The van der Waals surface area contributed by atoms with E-state index in [-0.39, 0.29) is 12.5 Å². The maximum atomic E-state index is 11.9. The summed E-state index contributed by atoms with van der Waals surface area (Å²) < 4.78 is 10.7. The van der Waals surface area contributed by atoms with Crippen LogP contribution in [0.5, 0.6) is 11.5 Å². The Hall–Kier alpha value is -1.91. The highest BCUT2D eigenvalue weighted by Crippen LogP contribution is 2.32. The van der Waals surface area contributed by atoms with Crippen LogP contribution in [0.3, 0.4) is 0 Å². The Morgan fingerprint density at radius 3 is 2.27 bits per heavy atom. The lowest BCUT2D eigenvalue weighted by molar-refractivity contribution is -0.118. The van der Waals surface area contributed by atoms with Crippen molar-refractivity contribution in [2.24, 2.45) is 0 Å². The van der Waals surface area contributed by atoms with Gasteiger partial charge in [0.1, 0.15) is 5.75 Å². The number of nitrogens with one attached hydrogen (secondary N) is 1. The van der Waals surface area contributed by atoms with Gasteiger partial charge in [0.05, 0.1) is 16.7 Å². The summed E-state index contributed by atoms with van der Waals surface area (Å²) in [7, 11) is 0. The first kappa shape index (κ1) is 16.5. The van der Waals surface area contributed by atoms with E-state index in [1.54, 1.807) is 42.5 Å². The van der Waals surface area contributed by atoms with Gasteiger partial charge in [0.2, 0.25) is 0 Å². The van der Waals surface area contributed by atoms with Crippen LogP contribution in [0.25, 0.3) is 0 Å². The smallest absolute Gasteiger partial charge is 0.262 e. The second-order valence-corrected chi connectivity index (χ2v) is 5.16. The lowest BCUT2D eigenvalue weighted by Crippen LogP contribution is -2.20. The molecule has 0 heterocycles. The van der Waals surface area contributed by atoms with Crippen LogP contribution < -0.4 is 14.8 Å². The highest BCUT2D eigenvalue weighted by Gasteiger charge is 2.09. The molecule has 2 aromatic rings. The second-order valence-electron chi connectivity index (χ2n) is 4.35. The zero-order chi connectivity index (χ0) is 15.9. The summed E-state index contributed by atoms with van der Waals surface area (Å²) in [6, 6.07) is 12.1. The number of carbonyl (C=O) groups is 1. The van der Waals surface area contributed by atoms with E-state index >= 15 is 0 Å². The minimum Gasteiger partial charge on any atom is -0.494 e. The molecular formula is C16H15Cl2NO3. The van der Waals surface area contributed by atoms with Gasteiger partial charge in [0, 0.05) is 5.69 Å². The van der Waals surface area contributed by atoms with Gasteiger partial charge in [-0.15, -0.1) is 0 Å². The van der Waals surface area contributed by atoms with Crippen molar-refractivity contribution in [3.8, 4) is 11.5 Å². The van der Waals surface area contributed by atoms with E-state index in [4.69, 9.17) is 32.7 Å². The maximum absolute atomic E-state index is 11.9. The van der Waals surface area contributed by atoms with Crippen molar-refractivity contribution in [3.63, 3.8) is 0 Å². The van der Waals surface area contributed by atoms with Crippen LogP contribution in [0.1, 0.15) is 6.92 Å². The van der Waals surface area contributed by atoms with Crippen molar-refractivity contribution in [3.05, 3.63) is 52.5 Å². The van der Waals surface area contributed by atoms with Crippen molar-refractivity contribution in [2.75, 3.05) is 18.5 Å². The Bertz CT molecular complexity index is 624. The van der Waals surface area contributed by atoms with Crippen molar-refractivity contribution >= 4 is 34.8 Å². The maximum Gasteiger partial charge on any atom is 0.262 e. The van der Waals surface area contributed by atoms with Gasteiger partial charge in [0.25, 0.3) is 5.91 Å². The Balaban J connectivity index is 1.90. The molecule has 0 saturated heterocycles. The van der Waals surface area contributed by atoms with E-state index in [0.29, 0.717) is 28.1 Å². The van der Waals surface area contributed by atoms with Crippen LogP contribution in [0, 0.1) is 0 Å². The number of hydrogen-bond donors (Lipinski definition) is 1. The first-order chi connectivity index (χ1) is 10.6. The number of benzene rings is 2. The van der Waals surface area contributed by atoms with Crippen LogP contribution in [0.4, 0.5) is 5.69 Å². The average Bonchev–Trinajstić information content (AvgIpc) is 2.49. The largest absolute Gasteiger partial charge is 0.494 e. The van der Waals surface area contributed by atoms with Crippen LogP contribution in [-0.4, -0.2) is 19.1 Å². The molecule has 0 aliphatic rings. The summed E-state index contributed by atoms with van der Waals surface area (Å²) in [6.07, 6.45) is 0. The molecule has 0 aromatic heterocycles. The number of hydrogen-bond acceptors (Lipinski definition) is 3. The van der Waals surface area contributed by atoms with Gasteiger partial charge in [-0.05, 0) is 43.3 Å². The molecule has 0 aliphatic heterocycles. The predicted molar refractivity (Wildman–Crippen MR) is 88.2 cm³/mol. The highest BCUT2D eigenvalue weighted by atomic mass is 35.5. The molecule has 0 bridgehead atoms. The lowest BCUT2D eigenvalue weighted by Gasteiger charge is -2.10. The molecule has 0 radical (unpaired) electrons. The summed E-state index contributed by atoms with van der Waals surface area (Å²) >= 11 is 11.9. The van der Waals surface area contributed by atoms with E-state index in [1.807, 2.05) is 6.92 Å². The predicted octanol–water partition coefficient (Wildman–Crippen LogP) is 4.41. The van der Waals surface area contributed by atoms with Crippen LogP contribution >= 0.6 is 23.2 Å². The minimum atomic E-state index is -0.305. The third kappa shape index (κ3) is 4.55. The Kier molecular flexibility index (Phi) is 5.92. The Morgan fingerprint density at radius 2 is 1.68 bits per heavy atom. The van der Waals surface area contributed by atoms with E-state index in [1.165, 1.54) is 0 Å². The number of ether oxygens (including phenoxy) is 2. The number of rotatable bonds is 6. The molecule has 0 unspecified atom stereocenters. The van der Waals surface area contributed by atoms with Gasteiger partial charge in [0.15, 0.2) is 12.4 Å². The summed E-state index contributed by atoms with van der Waals surface area (Å²) in [6.45, 7) is 2.32. The van der Waals surface area contributed by atoms with Gasteiger partial charge < -0.3 is 14.8 Å². The van der Waals surface area contributed by atoms with E-state index in [9.17, 15) is 4.79 Å². The highest BCUT2D eigenvalue weighted by molar-refractivity contribution is 6.37. The standard InChI is InChI=1S/C16H15Cl2NO3/c1-2-21-12-8-6-11(7-9-12)19-15(20)10-22-16-13(17)4-3-5-14(16)18/h3-9H,2,10H2,1H3,(H,19,20). The number of anilines is 1. The van der Waals surface area contributed by atoms with Crippen molar-refractivity contribution in [2.45, 2.75) is 6.92 Å². The molecule has 0 spiro atoms. The fourth-order valence-electron chi connectivity index (χ4n) is 1.76. The van der Waals surface area contributed by atoms with E-state index in [2.05, 4.69) is 5.32 Å². The molecule has 1 N–H and O–H groups in total. The molecule has 2 aromatic carbocycles. The van der Waals surface area contributed by atoms with Gasteiger partial charge in [-0.1, -0.05) is 29.3 Å². The van der Waals surface area contributed by atoms with Crippen LogP contribution in [-0.2, 0) is 4.79 Å². The third-order valence-corrected chi connectivity index (χ3v) is 3.31. The lowest BCUT2D eigenvalue weighted by atomic mass is 10.3. The Labute approximate surface area is 138 Å². The van der Waals surface area contributed by atoms with Gasteiger partial charge in [-0.3, -0.25) is 4.79 Å². The topological polar surface area (TPSA) is 47.6 Å². The summed E-state index contributed by atoms with van der Waals surface area (Å²) in [5, 5.41) is 3.44. The summed E-state index contributed by atoms with van der Waals surface area (Å²) in [4.78, 5) is 11.9. The summed E-state index contributed by atoms with van der Waals surface area (Å²) in [5.41, 5.74) is 0.655. The molecule has 4 nitrogen and oxygen atoms in total. The van der Waals surface area contributed by atoms with Crippen molar-refractivity contribution in [1.29, 1.82) is 0 Å². The molecule has 2 rings (SSSR count). The molecule has 0 aliphatic carbocycles. The number of carbonyl (C=O) groups excluding carboxylic acids is 1. The van der Waals surface area contributed by atoms with Crippen molar-refractivity contribution in [1.82, 2.24) is 0 Å². The van der Waals surface area contributed by atoms with Crippen molar-refractivity contribution < 1.29 is 14.3 Å². The fourth-order valence-corrected chi connectivity index (χ4v) is 2.26. The van der Waals surface area contributed by atoms with Gasteiger partial charge in [-0.2, -0.15) is 0 Å². The number of para-hydroxylation sites is 1. The third-order valence-electron chi connectivity index (χ3n) is 2.72. The quantitative estimate of drug-likeness (QED) is 0.847.